The molecule has 2 aliphatic heterocycles. The molecule has 0 saturated carbocycles. The van der Waals surface area contributed by atoms with E-state index in [0.29, 0.717) is 12.0 Å². The number of benzene rings is 1. The van der Waals surface area contributed by atoms with Gasteiger partial charge >= 0.3 is 0 Å². The third kappa shape index (κ3) is 1.73. The van der Waals surface area contributed by atoms with Crippen LogP contribution in [0.25, 0.3) is 5.57 Å². The lowest BCUT2D eigenvalue weighted by atomic mass is 9.65. The topological polar surface area (TPSA) is 66.8 Å². The summed E-state index contributed by atoms with van der Waals surface area (Å²) in [4.78, 5) is 13.3. The van der Waals surface area contributed by atoms with Gasteiger partial charge in [0.2, 0.25) is 0 Å². The fourth-order valence-corrected chi connectivity index (χ4v) is 5.30. The molecule has 128 valence electrons. The molecule has 0 aromatic heterocycles. The highest BCUT2D eigenvalue weighted by Gasteiger charge is 2.69. The number of Topliss-reactive ketones (excluding diaryl/α,β-unsaturated/α-hetero) is 1. The summed E-state index contributed by atoms with van der Waals surface area (Å²) >= 11 is 0. The molecule has 4 rings (SSSR count). The van der Waals surface area contributed by atoms with Crippen LogP contribution >= 0.6 is 0 Å². The number of ether oxygens (including phenoxy) is 1. The molecule has 2 saturated heterocycles. The molecule has 5 atom stereocenters. The van der Waals surface area contributed by atoms with E-state index < -0.39 is 5.41 Å². The van der Waals surface area contributed by atoms with Crippen molar-refractivity contribution in [1.82, 2.24) is 0 Å². The molecular weight excluding hydrogens is 304 g/mol. The quantitative estimate of drug-likeness (QED) is 0.876. The van der Waals surface area contributed by atoms with E-state index in [4.69, 9.17) is 4.74 Å². The molecular formula is C20H24O4. The number of hydrogen-bond donors (Lipinski definition) is 2. The van der Waals surface area contributed by atoms with Gasteiger partial charge in [-0.15, -0.1) is 0 Å². The Balaban J connectivity index is 1.88. The molecule has 2 fully saturated rings. The fourth-order valence-electron chi connectivity index (χ4n) is 5.30. The Labute approximate surface area is 142 Å². The lowest BCUT2D eigenvalue weighted by Crippen LogP contribution is -2.43. The number of rotatable bonds is 2. The van der Waals surface area contributed by atoms with Gasteiger partial charge in [0.1, 0.15) is 5.76 Å². The van der Waals surface area contributed by atoms with Gasteiger partial charge in [-0.2, -0.15) is 0 Å². The molecule has 3 aliphatic rings. The van der Waals surface area contributed by atoms with E-state index >= 15 is 0 Å². The number of carbonyl (C=O) groups is 1. The number of carbonyl (C=O) groups excluding carboxylic acids is 1. The number of aliphatic hydroxyl groups excluding tert-OH is 2. The van der Waals surface area contributed by atoms with E-state index in [9.17, 15) is 15.0 Å². The van der Waals surface area contributed by atoms with E-state index in [1.165, 1.54) is 0 Å². The predicted octanol–water partition coefficient (Wildman–Crippen LogP) is 2.87. The van der Waals surface area contributed by atoms with Crippen molar-refractivity contribution in [2.45, 2.75) is 46.3 Å². The van der Waals surface area contributed by atoms with E-state index in [-0.39, 0.29) is 42.2 Å². The third-order valence-electron chi connectivity index (χ3n) is 6.38. The molecule has 2 heterocycles. The molecule has 1 aliphatic carbocycles. The summed E-state index contributed by atoms with van der Waals surface area (Å²) in [6.07, 6.45) is 0.213. The Bertz CT molecular complexity index is 755. The second-order valence-electron chi connectivity index (χ2n) is 7.89. The highest BCUT2D eigenvalue weighted by molar-refractivity contribution is 6.26. The first kappa shape index (κ1) is 15.9. The maximum atomic E-state index is 13.3. The van der Waals surface area contributed by atoms with E-state index in [1.807, 2.05) is 39.8 Å². The van der Waals surface area contributed by atoms with Gasteiger partial charge < -0.3 is 14.9 Å². The third-order valence-corrected chi connectivity index (χ3v) is 6.38. The van der Waals surface area contributed by atoms with Crippen LogP contribution in [0.3, 0.4) is 0 Å². The Hall–Kier alpha value is -1.65. The molecule has 2 N–H and O–H groups in total. The minimum Gasteiger partial charge on any atom is -0.511 e. The zero-order valence-electron chi connectivity index (χ0n) is 14.6. The molecule has 2 unspecified atom stereocenters. The first-order chi connectivity index (χ1) is 11.3. The van der Waals surface area contributed by atoms with Gasteiger partial charge in [-0.3, -0.25) is 4.79 Å². The van der Waals surface area contributed by atoms with E-state index in [1.54, 1.807) is 0 Å². The summed E-state index contributed by atoms with van der Waals surface area (Å²) in [5.74, 6) is -0.250. The van der Waals surface area contributed by atoms with Crippen molar-refractivity contribution in [3.63, 3.8) is 0 Å². The van der Waals surface area contributed by atoms with Crippen molar-refractivity contribution in [3.8, 4) is 0 Å². The van der Waals surface area contributed by atoms with Gasteiger partial charge in [0, 0.05) is 12.5 Å². The average molecular weight is 328 g/mol. The molecule has 24 heavy (non-hydrogen) atoms. The van der Waals surface area contributed by atoms with E-state index in [2.05, 4.69) is 0 Å². The highest BCUT2D eigenvalue weighted by atomic mass is 16.5. The molecule has 1 aromatic rings. The van der Waals surface area contributed by atoms with Crippen LogP contribution in [0.5, 0.6) is 0 Å². The van der Waals surface area contributed by atoms with Crippen molar-refractivity contribution >= 4 is 11.4 Å². The molecule has 0 radical (unpaired) electrons. The van der Waals surface area contributed by atoms with E-state index in [0.717, 1.165) is 22.3 Å². The lowest BCUT2D eigenvalue weighted by Gasteiger charge is -2.34. The number of aryl methyl sites for hydroxylation is 3. The minimum atomic E-state index is -0.660. The van der Waals surface area contributed by atoms with Gasteiger partial charge in [-0.25, -0.2) is 0 Å². The Kier molecular flexibility index (Phi) is 3.26. The standard InChI is InChI=1S/C20H24O4/c1-9-5-10(2)14(11(3)6-9)15-17(22)16-18-12(8-21)7-13(24-18)20(16,4)19(15)23/h5-6,12-13,16,18,21,23H,7-8H2,1-4H3/t12?,13-,16?,18+,20-/m0/s1. The van der Waals surface area contributed by atoms with Crippen LogP contribution < -0.4 is 0 Å². The van der Waals surface area contributed by atoms with Crippen molar-refractivity contribution in [3.05, 3.63) is 40.1 Å². The molecule has 0 amide bonds. The van der Waals surface area contributed by atoms with Crippen LogP contribution in [-0.2, 0) is 9.53 Å². The van der Waals surface area contributed by atoms with Crippen molar-refractivity contribution in [2.24, 2.45) is 17.3 Å². The predicted molar refractivity (Wildman–Crippen MR) is 90.7 cm³/mol. The molecule has 4 nitrogen and oxygen atoms in total. The maximum Gasteiger partial charge on any atom is 0.173 e. The summed E-state index contributed by atoms with van der Waals surface area (Å²) < 4.78 is 5.98. The van der Waals surface area contributed by atoms with Crippen molar-refractivity contribution in [2.75, 3.05) is 6.61 Å². The van der Waals surface area contributed by atoms with Crippen LogP contribution in [0.4, 0.5) is 0 Å². The minimum absolute atomic E-state index is 0.00983. The van der Waals surface area contributed by atoms with Crippen LogP contribution in [0.2, 0.25) is 0 Å². The zero-order chi connectivity index (χ0) is 17.4. The molecule has 1 aromatic carbocycles. The number of hydrogen-bond acceptors (Lipinski definition) is 4. The van der Waals surface area contributed by atoms with Crippen molar-refractivity contribution < 1.29 is 19.7 Å². The first-order valence-electron chi connectivity index (χ1n) is 8.63. The normalized spacial score (nSPS) is 37.5. The second kappa shape index (κ2) is 4.93. The van der Waals surface area contributed by atoms with Crippen molar-refractivity contribution in [1.29, 1.82) is 0 Å². The molecule has 0 spiro atoms. The molecule has 4 heteroatoms. The van der Waals surface area contributed by atoms with Crippen LogP contribution in [-0.4, -0.2) is 34.8 Å². The number of ketones is 1. The summed E-state index contributed by atoms with van der Waals surface area (Å²) in [5.41, 5.74) is 3.84. The van der Waals surface area contributed by atoms with Gasteiger partial charge in [-0.05, 0) is 50.8 Å². The smallest absolute Gasteiger partial charge is 0.173 e. The zero-order valence-corrected chi connectivity index (χ0v) is 14.6. The number of allylic oxidation sites excluding steroid dienone is 1. The summed E-state index contributed by atoms with van der Waals surface area (Å²) in [6, 6.07) is 4.10. The van der Waals surface area contributed by atoms with Gasteiger partial charge in [0.05, 0.1) is 29.1 Å². The Morgan fingerprint density at radius 1 is 1.25 bits per heavy atom. The fraction of sp³-hybridized carbons (Fsp3) is 0.550. The summed E-state index contributed by atoms with van der Waals surface area (Å²) in [7, 11) is 0. The lowest BCUT2D eigenvalue weighted by molar-refractivity contribution is -0.120. The van der Waals surface area contributed by atoms with Gasteiger partial charge in [0.25, 0.3) is 0 Å². The number of fused-ring (bicyclic) bond motifs is 5. The maximum absolute atomic E-state index is 13.3. The van der Waals surface area contributed by atoms with Crippen LogP contribution in [0.1, 0.15) is 35.6 Å². The largest absolute Gasteiger partial charge is 0.511 e. The summed E-state index contributed by atoms with van der Waals surface area (Å²) in [5, 5.41) is 20.6. The Morgan fingerprint density at radius 2 is 1.88 bits per heavy atom. The second-order valence-corrected chi connectivity index (χ2v) is 7.89. The van der Waals surface area contributed by atoms with Crippen LogP contribution in [0.15, 0.2) is 17.9 Å². The Morgan fingerprint density at radius 3 is 2.46 bits per heavy atom. The monoisotopic (exact) mass is 328 g/mol. The number of aliphatic hydroxyl groups is 2. The van der Waals surface area contributed by atoms with Gasteiger partial charge in [-0.1, -0.05) is 17.7 Å². The highest BCUT2D eigenvalue weighted by Crippen LogP contribution is 2.63. The van der Waals surface area contributed by atoms with Gasteiger partial charge in [0.15, 0.2) is 5.78 Å². The summed E-state index contributed by atoms with van der Waals surface area (Å²) in [6.45, 7) is 7.97. The van der Waals surface area contributed by atoms with Crippen LogP contribution in [0, 0.1) is 38.0 Å². The SMILES string of the molecule is Cc1cc(C)c(C2=C(O)[C@]3(C)C(C2=O)[C@@H]2O[C@H]3CC2CO)c(C)c1. The first-order valence-corrected chi connectivity index (χ1v) is 8.63. The molecule has 2 bridgehead atoms. The average Bonchev–Trinajstić information content (AvgIpc) is 3.10.